The minimum atomic E-state index is -4.10. The number of rotatable bonds is 4. The molecule has 1 aliphatic heterocycles. The molecule has 0 saturated carbocycles. The van der Waals surface area contributed by atoms with Gasteiger partial charge in [-0.3, -0.25) is 4.79 Å². The van der Waals surface area contributed by atoms with Crippen molar-refractivity contribution in [1.82, 2.24) is 5.32 Å². The van der Waals surface area contributed by atoms with E-state index in [0.717, 1.165) is 6.07 Å². The molecule has 27 heavy (non-hydrogen) atoms. The summed E-state index contributed by atoms with van der Waals surface area (Å²) >= 11 is 0.523. The Morgan fingerprint density at radius 1 is 1.37 bits per heavy atom. The van der Waals surface area contributed by atoms with Crippen molar-refractivity contribution in [3.63, 3.8) is 0 Å². The lowest BCUT2D eigenvalue weighted by Crippen LogP contribution is -2.36. The van der Waals surface area contributed by atoms with Crippen molar-refractivity contribution in [2.75, 3.05) is 12.3 Å². The van der Waals surface area contributed by atoms with Crippen LogP contribution in [-0.4, -0.2) is 46.8 Å². The maximum absolute atomic E-state index is 12.2. The van der Waals surface area contributed by atoms with Gasteiger partial charge >= 0.3 is 12.1 Å². The minimum Gasteiger partial charge on any atom is -0.456 e. The van der Waals surface area contributed by atoms with Gasteiger partial charge in [-0.05, 0) is 26.8 Å². The Balaban J connectivity index is 2.11. The number of hydrogen-bond donors (Lipinski definition) is 2. The fourth-order valence-electron chi connectivity index (χ4n) is 2.26. The smallest absolute Gasteiger partial charge is 0.408 e. The van der Waals surface area contributed by atoms with E-state index in [1.54, 1.807) is 20.8 Å². The molecule has 2 rings (SSSR count). The minimum absolute atomic E-state index is 0.0334. The average molecular weight is 441 g/mol. The number of ether oxygens (including phenoxy) is 2. The van der Waals surface area contributed by atoms with Gasteiger partial charge < -0.3 is 14.8 Å². The van der Waals surface area contributed by atoms with E-state index in [9.17, 15) is 26.4 Å². The predicted octanol–water partition coefficient (Wildman–Crippen LogP) is 0.682. The summed E-state index contributed by atoms with van der Waals surface area (Å²) < 4.78 is 57.0. The molecule has 10 nitrogen and oxygen atoms in total. The van der Waals surface area contributed by atoms with Crippen LogP contribution < -0.4 is 10.5 Å². The summed E-state index contributed by atoms with van der Waals surface area (Å²) in [4.78, 5) is 23.5. The Hall–Kier alpha value is -1.70. The van der Waals surface area contributed by atoms with Crippen LogP contribution in [0.4, 0.5) is 4.79 Å². The first-order chi connectivity index (χ1) is 12.2. The van der Waals surface area contributed by atoms with Crippen molar-refractivity contribution in [2.45, 2.75) is 47.3 Å². The number of fused-ring (bicyclic) bond motifs is 1. The summed E-state index contributed by atoms with van der Waals surface area (Å²) in [7, 11) is -7.78. The third-order valence-corrected chi connectivity index (χ3v) is 8.26. The lowest BCUT2D eigenvalue weighted by atomic mass is 10.1. The molecule has 1 aliphatic rings. The monoisotopic (exact) mass is 440 g/mol. The van der Waals surface area contributed by atoms with Crippen LogP contribution in [0.25, 0.3) is 0 Å². The molecule has 0 saturated heterocycles. The van der Waals surface area contributed by atoms with Gasteiger partial charge in [-0.25, -0.2) is 26.8 Å². The molecule has 1 amide bonds. The lowest BCUT2D eigenvalue weighted by Gasteiger charge is -2.23. The predicted molar refractivity (Wildman–Crippen MR) is 95.4 cm³/mol. The zero-order valence-electron chi connectivity index (χ0n) is 14.8. The molecule has 2 heterocycles. The number of sulfone groups is 1. The summed E-state index contributed by atoms with van der Waals surface area (Å²) in [5, 5.41) is 7.29. The fraction of sp³-hybridized carbons (Fsp3) is 0.571. The zero-order chi connectivity index (χ0) is 20.6. The van der Waals surface area contributed by atoms with E-state index in [2.05, 4.69) is 5.32 Å². The molecule has 0 bridgehead atoms. The lowest BCUT2D eigenvalue weighted by molar-refractivity contribution is -0.148. The van der Waals surface area contributed by atoms with Gasteiger partial charge in [0.25, 0.3) is 0 Å². The van der Waals surface area contributed by atoms with Crippen LogP contribution in [0.15, 0.2) is 14.5 Å². The Kier molecular flexibility index (Phi) is 5.90. The average Bonchev–Trinajstić information content (AvgIpc) is 2.93. The van der Waals surface area contributed by atoms with Gasteiger partial charge in [-0.1, -0.05) is 0 Å². The van der Waals surface area contributed by atoms with Crippen LogP contribution >= 0.6 is 11.3 Å². The van der Waals surface area contributed by atoms with Crippen molar-refractivity contribution in [1.29, 1.82) is 0 Å². The number of sulfonamides is 1. The SMILES string of the molecule is CC(C)(C)OC(=O)NCC(=O)OC1CCS(=O)(=O)c2sc(S(N)(=O)=O)cc21. The summed E-state index contributed by atoms with van der Waals surface area (Å²) in [5.41, 5.74) is -0.664. The van der Waals surface area contributed by atoms with E-state index >= 15 is 0 Å². The highest BCUT2D eigenvalue weighted by atomic mass is 32.3. The van der Waals surface area contributed by atoms with E-state index in [0.29, 0.717) is 11.3 Å². The molecule has 152 valence electrons. The number of carbonyl (C=O) groups is 2. The van der Waals surface area contributed by atoms with Gasteiger partial charge in [0.05, 0.1) is 5.75 Å². The molecule has 13 heteroatoms. The number of hydrogen-bond acceptors (Lipinski definition) is 9. The third kappa shape index (κ3) is 5.64. The second-order valence-electron chi connectivity index (χ2n) is 6.79. The molecule has 0 aliphatic carbocycles. The number of esters is 1. The molecule has 1 aromatic rings. The standard InChI is InChI=1S/C14H20N2O8S3/c1-14(2,3)24-13(18)16-7-10(17)23-9-4-5-26(19,20)12-8(9)6-11(25-12)27(15,21)22/h6,9H,4-5,7H2,1-3H3,(H,16,18)(H2,15,21,22). The van der Waals surface area contributed by atoms with Crippen molar-refractivity contribution >= 4 is 43.3 Å². The highest BCUT2D eigenvalue weighted by Crippen LogP contribution is 2.41. The molecule has 0 radical (unpaired) electrons. The molecule has 1 atom stereocenters. The van der Waals surface area contributed by atoms with Crippen molar-refractivity contribution < 1.29 is 35.9 Å². The molecular weight excluding hydrogens is 420 g/mol. The second-order valence-corrected chi connectivity index (χ2v) is 11.9. The van der Waals surface area contributed by atoms with Crippen LogP contribution in [0.1, 0.15) is 38.9 Å². The van der Waals surface area contributed by atoms with Gasteiger partial charge in [0.2, 0.25) is 10.0 Å². The van der Waals surface area contributed by atoms with Crippen LogP contribution in [0.2, 0.25) is 0 Å². The van der Waals surface area contributed by atoms with Gasteiger partial charge in [0.15, 0.2) is 9.84 Å². The molecule has 0 aromatic carbocycles. The first kappa shape index (κ1) is 21.6. The first-order valence-electron chi connectivity index (χ1n) is 7.75. The molecule has 3 N–H and O–H groups in total. The fourth-order valence-corrected chi connectivity index (χ4v) is 6.39. The first-order valence-corrected chi connectivity index (χ1v) is 11.8. The Morgan fingerprint density at radius 3 is 2.56 bits per heavy atom. The van der Waals surface area contributed by atoms with Crippen LogP contribution in [-0.2, 0) is 34.1 Å². The van der Waals surface area contributed by atoms with Gasteiger partial charge in [0, 0.05) is 12.0 Å². The van der Waals surface area contributed by atoms with E-state index in [4.69, 9.17) is 14.6 Å². The van der Waals surface area contributed by atoms with Gasteiger partial charge in [0.1, 0.15) is 26.7 Å². The largest absolute Gasteiger partial charge is 0.456 e. The third-order valence-electron chi connectivity index (χ3n) is 3.31. The highest BCUT2D eigenvalue weighted by molar-refractivity contribution is 7.95. The number of carbonyl (C=O) groups excluding carboxylic acids is 2. The zero-order valence-corrected chi connectivity index (χ0v) is 17.3. The number of thiophene rings is 1. The van der Waals surface area contributed by atoms with Crippen molar-refractivity contribution in [3.8, 4) is 0 Å². The van der Waals surface area contributed by atoms with E-state index in [1.807, 2.05) is 0 Å². The maximum atomic E-state index is 12.2. The maximum Gasteiger partial charge on any atom is 0.408 e. The Morgan fingerprint density at radius 2 is 2.00 bits per heavy atom. The molecule has 1 unspecified atom stereocenters. The van der Waals surface area contributed by atoms with E-state index in [1.165, 1.54) is 0 Å². The quantitative estimate of drug-likeness (QED) is 0.647. The summed E-state index contributed by atoms with van der Waals surface area (Å²) in [6, 6.07) is 1.10. The molecule has 0 fully saturated rings. The number of amides is 1. The van der Waals surface area contributed by atoms with E-state index < -0.39 is 50.2 Å². The molecule has 1 aromatic heterocycles. The van der Waals surface area contributed by atoms with Crippen molar-refractivity contribution in [2.24, 2.45) is 5.14 Å². The Labute approximate surface area is 161 Å². The molecule has 0 spiro atoms. The van der Waals surface area contributed by atoms with Crippen LogP contribution in [0, 0.1) is 0 Å². The number of nitrogens with two attached hydrogens (primary N) is 1. The van der Waals surface area contributed by atoms with Crippen molar-refractivity contribution in [3.05, 3.63) is 11.6 Å². The van der Waals surface area contributed by atoms with Crippen LogP contribution in [0.3, 0.4) is 0 Å². The van der Waals surface area contributed by atoms with E-state index in [-0.39, 0.29) is 26.2 Å². The van der Waals surface area contributed by atoms with Gasteiger partial charge in [-0.15, -0.1) is 11.3 Å². The molecular formula is C14H20N2O8S3. The summed E-state index contributed by atoms with van der Waals surface area (Å²) in [6.07, 6.45) is -1.80. The summed E-state index contributed by atoms with van der Waals surface area (Å²) in [5.74, 6) is -1.12. The van der Waals surface area contributed by atoms with Crippen LogP contribution in [0.5, 0.6) is 0 Å². The number of alkyl carbamates (subject to hydrolysis) is 1. The highest BCUT2D eigenvalue weighted by Gasteiger charge is 2.36. The summed E-state index contributed by atoms with van der Waals surface area (Å²) in [6.45, 7) is 4.50. The van der Waals surface area contributed by atoms with Gasteiger partial charge in [-0.2, -0.15) is 0 Å². The number of primary sulfonamides is 1. The second kappa shape index (κ2) is 7.37. The topological polar surface area (TPSA) is 159 Å². The Bertz CT molecular complexity index is 957. The normalized spacial score (nSPS) is 19.0. The number of nitrogens with one attached hydrogen (secondary N) is 1.